The van der Waals surface area contributed by atoms with E-state index < -0.39 is 34.6 Å². The van der Waals surface area contributed by atoms with Crippen LogP contribution in [-0.4, -0.2) is 29.1 Å². The summed E-state index contributed by atoms with van der Waals surface area (Å²) in [7, 11) is 0. The highest BCUT2D eigenvalue weighted by Gasteiger charge is 2.30. The minimum atomic E-state index is -2.30. The van der Waals surface area contributed by atoms with Crippen LogP contribution >= 0.6 is 0 Å². The Labute approximate surface area is 529 Å². The lowest BCUT2D eigenvalue weighted by molar-refractivity contribution is 0.381. The van der Waals surface area contributed by atoms with Crippen LogP contribution in [0.1, 0.15) is 5.56 Å². The molecule has 0 bridgehead atoms. The van der Waals surface area contributed by atoms with Crippen molar-refractivity contribution >= 4 is 43.6 Å². The first kappa shape index (κ1) is 55.8. The predicted octanol–water partition coefficient (Wildman–Crippen LogP) is 21.0. The lowest BCUT2D eigenvalue weighted by atomic mass is 9.98. The molecule has 0 amide bonds. The predicted molar refractivity (Wildman–Crippen MR) is 360 cm³/mol. The van der Waals surface area contributed by atoms with Gasteiger partial charge in [0.15, 0.2) is 23.3 Å². The van der Waals surface area contributed by atoms with Crippen LogP contribution in [-0.2, 0) is 0 Å². The number of fused-ring (bicyclic) bond motifs is 6. The summed E-state index contributed by atoms with van der Waals surface area (Å²) < 4.78 is 83.7. The van der Waals surface area contributed by atoms with E-state index in [1.54, 1.807) is 0 Å². The maximum atomic E-state index is 16.7. The van der Waals surface area contributed by atoms with Crippen molar-refractivity contribution in [3.05, 3.63) is 314 Å². The van der Waals surface area contributed by atoms with Crippen molar-refractivity contribution in [1.82, 2.24) is 29.1 Å². The topological polar surface area (TPSA) is 85.2 Å². The van der Waals surface area contributed by atoms with Gasteiger partial charge in [0.05, 0.1) is 61.8 Å². The fourth-order valence-electron chi connectivity index (χ4n) is 12.7. The van der Waals surface area contributed by atoms with Gasteiger partial charge in [-0.25, -0.2) is 22.0 Å². The zero-order valence-corrected chi connectivity index (χ0v) is 49.1. The molecule has 93 heavy (non-hydrogen) atoms. The number of nitriles is 1. The van der Waals surface area contributed by atoms with Crippen LogP contribution < -0.4 is 0 Å². The van der Waals surface area contributed by atoms with Crippen LogP contribution in [0.25, 0.3) is 156 Å². The van der Waals surface area contributed by atoms with Crippen molar-refractivity contribution in [3.63, 3.8) is 0 Å². The molecule has 0 spiro atoms. The maximum absolute atomic E-state index is 16.7. The summed E-state index contributed by atoms with van der Waals surface area (Å²) in [4.78, 5) is 19.4. The number of rotatable bonds is 11. The molecule has 12 heteroatoms. The Morgan fingerprint density at radius 1 is 0.258 bits per heavy atom. The van der Waals surface area contributed by atoms with Gasteiger partial charge < -0.3 is 9.13 Å². The third-order valence-corrected chi connectivity index (χ3v) is 17.4. The third-order valence-electron chi connectivity index (χ3n) is 17.4. The molecule has 0 aliphatic carbocycles. The van der Waals surface area contributed by atoms with Crippen molar-refractivity contribution in [2.75, 3.05) is 0 Å². The fourth-order valence-corrected chi connectivity index (χ4v) is 12.7. The van der Waals surface area contributed by atoms with Gasteiger partial charge in [0.2, 0.25) is 5.82 Å². The first-order valence-corrected chi connectivity index (χ1v) is 30.0. The molecule has 16 aromatic rings. The Morgan fingerprint density at radius 3 is 0.763 bits per heavy atom. The first-order chi connectivity index (χ1) is 45.6. The third kappa shape index (κ3) is 9.74. The molecule has 7 nitrogen and oxygen atoms in total. The molecule has 0 aliphatic heterocycles. The number of aromatic nitrogens is 6. The van der Waals surface area contributed by atoms with Gasteiger partial charge in [0, 0.05) is 90.8 Å². The van der Waals surface area contributed by atoms with Crippen LogP contribution in [0.2, 0.25) is 0 Å². The second-order valence-electron chi connectivity index (χ2n) is 22.7. The molecule has 0 fully saturated rings. The van der Waals surface area contributed by atoms with E-state index in [-0.39, 0.29) is 22.5 Å². The lowest BCUT2D eigenvalue weighted by Gasteiger charge is -2.19. The first-order valence-electron chi connectivity index (χ1n) is 30.0. The monoisotopic (exact) mass is 1210 g/mol. The number of benzene rings is 10. The molecule has 16 rings (SSSR count). The normalized spacial score (nSPS) is 11.5. The van der Waals surface area contributed by atoms with E-state index in [9.17, 15) is 5.26 Å². The zero-order valence-electron chi connectivity index (χ0n) is 49.1. The standard InChI is InChI=1S/C81H46F5N7/c82-77-76(78(83)80(85)81(86)79(77)84)60-41-74(92-70-33-25-52(56-21-29-66(88-44-56)48-13-5-1-6-14-48)37-61(70)62-38-53(26-34-71(62)92)57-22-30-67(89-45-57)49-15-7-2-8-16-49)65(43-87)75(42-60)93-72-35-27-54(58-23-31-68(90-46-58)50-17-9-3-10-18-50)39-63(72)64-40-55(28-36-73(64)93)59-24-32-69(91-47-59)51-19-11-4-12-20-51/h1-42,44-47H. The summed E-state index contributed by atoms with van der Waals surface area (Å²) in [5, 5.41) is 14.9. The van der Waals surface area contributed by atoms with Gasteiger partial charge in [-0.15, -0.1) is 0 Å². The molecule has 6 aromatic heterocycles. The van der Waals surface area contributed by atoms with Crippen LogP contribution in [0.15, 0.2) is 280 Å². The van der Waals surface area contributed by atoms with E-state index in [1.165, 1.54) is 12.1 Å². The van der Waals surface area contributed by atoms with E-state index in [2.05, 4.69) is 6.07 Å². The van der Waals surface area contributed by atoms with Gasteiger partial charge in [-0.3, -0.25) is 19.9 Å². The average molecular weight is 1210 g/mol. The van der Waals surface area contributed by atoms with Gasteiger partial charge in [-0.05, 0) is 113 Å². The van der Waals surface area contributed by atoms with Crippen molar-refractivity contribution in [2.45, 2.75) is 0 Å². The summed E-state index contributed by atoms with van der Waals surface area (Å²) in [6, 6.07) is 84.0. The quantitative estimate of drug-likeness (QED) is 0.0732. The van der Waals surface area contributed by atoms with Crippen LogP contribution in [0.3, 0.4) is 0 Å². The highest BCUT2D eigenvalue weighted by molar-refractivity contribution is 6.14. The van der Waals surface area contributed by atoms with Crippen LogP contribution in [0.5, 0.6) is 0 Å². The van der Waals surface area contributed by atoms with Gasteiger partial charge in [0.1, 0.15) is 11.6 Å². The Morgan fingerprint density at radius 2 is 0.516 bits per heavy atom. The van der Waals surface area contributed by atoms with Crippen molar-refractivity contribution in [2.24, 2.45) is 0 Å². The number of hydrogen-bond donors (Lipinski definition) is 0. The second-order valence-corrected chi connectivity index (χ2v) is 22.7. The summed E-state index contributed by atoms with van der Waals surface area (Å²) in [6.45, 7) is 0. The van der Waals surface area contributed by atoms with Gasteiger partial charge in [0.25, 0.3) is 0 Å². The van der Waals surface area contributed by atoms with Gasteiger partial charge in [-0.2, -0.15) is 5.26 Å². The molecule has 0 N–H and O–H groups in total. The number of nitrogens with zero attached hydrogens (tertiary/aromatic N) is 7. The largest absolute Gasteiger partial charge is 0.308 e. The number of halogens is 5. The Balaban J connectivity index is 0.943. The molecule has 0 saturated carbocycles. The SMILES string of the molecule is N#Cc1c(-n2c3ccc(-c4ccc(-c5ccccc5)nc4)cc3c3cc(-c4ccc(-c5ccccc5)nc4)ccc32)cc(-c2c(F)c(F)c(F)c(F)c2F)cc1-n1c2ccc(-c3ccc(-c4ccccc4)nc3)cc2c2cc(-c3ccc(-c4ccccc4)nc3)ccc21. The second kappa shape index (κ2) is 22.8. The maximum Gasteiger partial charge on any atom is 0.200 e. The summed E-state index contributed by atoms with van der Waals surface area (Å²) in [5.74, 6) is -10.6. The smallest absolute Gasteiger partial charge is 0.200 e. The zero-order chi connectivity index (χ0) is 62.8. The summed E-state index contributed by atoms with van der Waals surface area (Å²) in [5.41, 5.74) is 14.6. The van der Waals surface area contributed by atoms with Crippen molar-refractivity contribution in [3.8, 4) is 118 Å². The van der Waals surface area contributed by atoms with Crippen molar-refractivity contribution < 1.29 is 22.0 Å². The lowest BCUT2D eigenvalue weighted by Crippen LogP contribution is -2.08. The minimum Gasteiger partial charge on any atom is -0.308 e. The van der Waals surface area contributed by atoms with Gasteiger partial charge >= 0.3 is 0 Å². The molecule has 0 aliphatic rings. The average Bonchev–Trinajstić information content (AvgIpc) is 1.59. The van der Waals surface area contributed by atoms with Crippen molar-refractivity contribution in [1.29, 1.82) is 5.26 Å². The number of pyridine rings is 4. The Kier molecular flexibility index (Phi) is 13.7. The summed E-state index contributed by atoms with van der Waals surface area (Å²) in [6.07, 6.45) is 7.26. The fraction of sp³-hybridized carbons (Fsp3) is 0. The highest BCUT2D eigenvalue weighted by Crippen LogP contribution is 2.45. The van der Waals surface area contributed by atoms with Gasteiger partial charge in [-0.1, -0.05) is 170 Å². The molecule has 0 radical (unpaired) electrons. The molecule has 6 heterocycles. The Bertz CT molecular complexity index is 5020. The van der Waals surface area contributed by atoms with E-state index in [4.69, 9.17) is 19.9 Å². The minimum absolute atomic E-state index is 0.0318. The highest BCUT2D eigenvalue weighted by atomic mass is 19.2. The molecule has 0 saturated heterocycles. The molecule has 10 aromatic carbocycles. The van der Waals surface area contributed by atoms with Crippen LogP contribution in [0.4, 0.5) is 22.0 Å². The molecule has 440 valence electrons. The van der Waals surface area contributed by atoms with E-state index in [1.807, 2.05) is 277 Å². The Hall–Kier alpha value is -12.5. The molecule has 0 unspecified atom stereocenters. The van der Waals surface area contributed by atoms with E-state index in [0.717, 1.165) is 111 Å². The number of hydrogen-bond acceptors (Lipinski definition) is 5. The molecular weight excluding hydrogens is 1170 g/mol. The molecule has 0 atom stereocenters. The summed E-state index contributed by atoms with van der Waals surface area (Å²) >= 11 is 0. The van der Waals surface area contributed by atoms with E-state index in [0.29, 0.717) is 22.1 Å². The van der Waals surface area contributed by atoms with E-state index >= 15 is 22.0 Å². The van der Waals surface area contributed by atoms with Crippen LogP contribution in [0, 0.1) is 40.4 Å². The molecular formula is C81H46F5N7.